The lowest BCUT2D eigenvalue weighted by Gasteiger charge is -2.26. The number of aromatic nitrogens is 3. The van der Waals surface area contributed by atoms with Gasteiger partial charge in [-0.2, -0.15) is 4.98 Å². The van der Waals surface area contributed by atoms with Crippen LogP contribution in [0.3, 0.4) is 0 Å². The van der Waals surface area contributed by atoms with Crippen LogP contribution in [0.4, 0.5) is 0 Å². The van der Waals surface area contributed by atoms with Crippen molar-refractivity contribution in [2.45, 2.75) is 59.2 Å². The number of carbonyl (C=O) groups excluding carboxylic acids is 1. The van der Waals surface area contributed by atoms with E-state index in [1.54, 1.807) is 20.0 Å². The summed E-state index contributed by atoms with van der Waals surface area (Å²) in [6.45, 7) is 10.2. The van der Waals surface area contributed by atoms with Crippen molar-refractivity contribution >= 4 is 5.91 Å². The molecule has 1 amide bonds. The van der Waals surface area contributed by atoms with Gasteiger partial charge in [0.2, 0.25) is 17.7 Å². The molecule has 0 bridgehead atoms. The minimum Gasteiger partial charge on any atom is -0.444 e. The molecule has 2 aromatic rings. The van der Waals surface area contributed by atoms with Crippen molar-refractivity contribution in [3.8, 4) is 0 Å². The molecule has 0 radical (unpaired) electrons. The molecule has 1 saturated heterocycles. The van der Waals surface area contributed by atoms with E-state index in [-0.39, 0.29) is 17.9 Å². The molecule has 1 atom stereocenters. The molecule has 1 aliphatic rings. The average Bonchev–Trinajstić information content (AvgIpc) is 3.26. The van der Waals surface area contributed by atoms with Gasteiger partial charge in [-0.1, -0.05) is 19.0 Å². The van der Waals surface area contributed by atoms with Crippen LogP contribution in [0.2, 0.25) is 0 Å². The van der Waals surface area contributed by atoms with E-state index < -0.39 is 0 Å². The van der Waals surface area contributed by atoms with Gasteiger partial charge in [0, 0.05) is 38.9 Å². The summed E-state index contributed by atoms with van der Waals surface area (Å²) in [6, 6.07) is 0.139. The summed E-state index contributed by atoms with van der Waals surface area (Å²) in [5.74, 6) is 3.01. The van der Waals surface area contributed by atoms with Crippen molar-refractivity contribution in [2.24, 2.45) is 0 Å². The molecule has 0 unspecified atom stereocenters. The summed E-state index contributed by atoms with van der Waals surface area (Å²) in [5, 5.41) is 3.94. The second-order valence-corrected chi connectivity index (χ2v) is 6.87. The fraction of sp³-hybridized carbons (Fsp3) is 0.647. The number of likely N-dealkylation sites (tertiary alicyclic amines) is 1. The maximum Gasteiger partial charge on any atom is 0.223 e. The maximum atomic E-state index is 12.1. The van der Waals surface area contributed by atoms with Crippen molar-refractivity contribution < 1.29 is 13.7 Å². The van der Waals surface area contributed by atoms with Crippen molar-refractivity contribution in [2.75, 3.05) is 13.1 Å². The maximum absolute atomic E-state index is 12.1. The third-order valence-corrected chi connectivity index (χ3v) is 4.47. The first kappa shape index (κ1) is 17.6. The standard InChI is InChI=1S/C17H25N5O3/c1-11(2)15-7-18-17(24-15)10-22(13(4)23)14-5-6-21(8-14)9-16-19-12(3)25-20-16/h7,11,14H,5-6,8-10H2,1-4H3/t14-/m1/s1. The van der Waals surface area contributed by atoms with E-state index in [1.165, 1.54) is 0 Å². The number of hydrogen-bond acceptors (Lipinski definition) is 7. The topological polar surface area (TPSA) is 88.5 Å². The Morgan fingerprint density at radius 2 is 2.28 bits per heavy atom. The van der Waals surface area contributed by atoms with Crippen LogP contribution in [-0.2, 0) is 17.9 Å². The highest BCUT2D eigenvalue weighted by Crippen LogP contribution is 2.21. The van der Waals surface area contributed by atoms with Crippen LogP contribution >= 0.6 is 0 Å². The molecule has 2 aromatic heterocycles. The van der Waals surface area contributed by atoms with Gasteiger partial charge in [-0.15, -0.1) is 0 Å². The summed E-state index contributed by atoms with van der Waals surface area (Å²) < 4.78 is 10.8. The van der Waals surface area contributed by atoms with Crippen molar-refractivity contribution in [1.82, 2.24) is 24.9 Å². The van der Waals surface area contributed by atoms with E-state index in [9.17, 15) is 4.79 Å². The van der Waals surface area contributed by atoms with Gasteiger partial charge in [-0.25, -0.2) is 4.98 Å². The quantitative estimate of drug-likeness (QED) is 0.790. The lowest BCUT2D eigenvalue weighted by molar-refractivity contribution is -0.132. The third-order valence-electron chi connectivity index (χ3n) is 4.47. The number of hydrogen-bond donors (Lipinski definition) is 0. The van der Waals surface area contributed by atoms with Crippen LogP contribution in [0.15, 0.2) is 15.1 Å². The molecule has 3 rings (SSSR count). The minimum atomic E-state index is 0.0338. The van der Waals surface area contributed by atoms with Gasteiger partial charge in [0.25, 0.3) is 0 Å². The normalized spacial score (nSPS) is 18.2. The molecule has 0 N–H and O–H groups in total. The monoisotopic (exact) mass is 347 g/mol. The van der Waals surface area contributed by atoms with Crippen molar-refractivity contribution in [1.29, 1.82) is 0 Å². The molecule has 3 heterocycles. The van der Waals surface area contributed by atoms with Crippen molar-refractivity contribution in [3.63, 3.8) is 0 Å². The Balaban J connectivity index is 1.61. The molecule has 8 heteroatoms. The number of carbonyl (C=O) groups is 1. The number of oxazole rings is 1. The van der Waals surface area contributed by atoms with Gasteiger partial charge in [0.05, 0.1) is 19.3 Å². The van der Waals surface area contributed by atoms with E-state index in [1.807, 2.05) is 4.90 Å². The van der Waals surface area contributed by atoms with Crippen molar-refractivity contribution in [3.05, 3.63) is 29.6 Å². The summed E-state index contributed by atoms with van der Waals surface area (Å²) in [7, 11) is 0. The number of rotatable bonds is 6. The number of aryl methyl sites for hydroxylation is 1. The smallest absolute Gasteiger partial charge is 0.223 e. The average molecular weight is 347 g/mol. The van der Waals surface area contributed by atoms with Crippen LogP contribution in [0.5, 0.6) is 0 Å². The van der Waals surface area contributed by atoms with Crippen LogP contribution in [0.25, 0.3) is 0 Å². The second kappa shape index (κ2) is 7.35. The predicted octanol–water partition coefficient (Wildman–Crippen LogP) is 2.11. The first-order valence-electron chi connectivity index (χ1n) is 8.65. The zero-order valence-electron chi connectivity index (χ0n) is 15.2. The van der Waals surface area contributed by atoms with Crippen LogP contribution in [0.1, 0.15) is 56.5 Å². The van der Waals surface area contributed by atoms with E-state index in [0.29, 0.717) is 30.7 Å². The van der Waals surface area contributed by atoms with E-state index in [2.05, 4.69) is 33.9 Å². The Labute approximate surface area is 147 Å². The third kappa shape index (κ3) is 4.25. The van der Waals surface area contributed by atoms with Gasteiger partial charge in [-0.3, -0.25) is 9.69 Å². The highest BCUT2D eigenvalue weighted by Gasteiger charge is 2.31. The van der Waals surface area contributed by atoms with Crippen LogP contribution in [-0.4, -0.2) is 50.0 Å². The van der Waals surface area contributed by atoms with Gasteiger partial charge >= 0.3 is 0 Å². The fourth-order valence-electron chi connectivity index (χ4n) is 3.12. The van der Waals surface area contributed by atoms with Gasteiger partial charge < -0.3 is 13.8 Å². The Bertz CT molecular complexity index is 723. The van der Waals surface area contributed by atoms with Crippen LogP contribution in [0, 0.1) is 6.92 Å². The zero-order valence-corrected chi connectivity index (χ0v) is 15.2. The largest absolute Gasteiger partial charge is 0.444 e. The molecule has 25 heavy (non-hydrogen) atoms. The molecule has 0 aromatic carbocycles. The molecule has 1 fully saturated rings. The summed E-state index contributed by atoms with van der Waals surface area (Å²) in [4.78, 5) is 24.8. The SMILES string of the molecule is CC(=O)N(Cc1ncc(C(C)C)o1)[C@@H]1CCN(Cc2noc(C)n2)C1. The molecule has 0 aliphatic carbocycles. The highest BCUT2D eigenvalue weighted by molar-refractivity contribution is 5.73. The summed E-state index contributed by atoms with van der Waals surface area (Å²) in [5.41, 5.74) is 0. The van der Waals surface area contributed by atoms with Gasteiger partial charge in [-0.05, 0) is 6.42 Å². The molecular formula is C17H25N5O3. The fourth-order valence-corrected chi connectivity index (χ4v) is 3.12. The first-order valence-corrected chi connectivity index (χ1v) is 8.65. The van der Waals surface area contributed by atoms with E-state index >= 15 is 0 Å². The molecule has 1 aliphatic heterocycles. The Kier molecular flexibility index (Phi) is 5.17. The molecule has 136 valence electrons. The highest BCUT2D eigenvalue weighted by atomic mass is 16.5. The first-order chi connectivity index (χ1) is 11.9. The zero-order chi connectivity index (χ0) is 18.0. The Hall–Kier alpha value is -2.22. The predicted molar refractivity (Wildman–Crippen MR) is 89.5 cm³/mol. The van der Waals surface area contributed by atoms with E-state index in [0.717, 1.165) is 25.3 Å². The molecular weight excluding hydrogens is 322 g/mol. The van der Waals surface area contributed by atoms with Crippen LogP contribution < -0.4 is 0 Å². The molecule has 0 saturated carbocycles. The Morgan fingerprint density at radius 1 is 1.48 bits per heavy atom. The summed E-state index contributed by atoms with van der Waals surface area (Å²) >= 11 is 0. The second-order valence-electron chi connectivity index (χ2n) is 6.87. The Morgan fingerprint density at radius 3 is 2.88 bits per heavy atom. The number of amides is 1. The lowest BCUT2D eigenvalue weighted by Crippen LogP contribution is -2.40. The van der Waals surface area contributed by atoms with Gasteiger partial charge in [0.1, 0.15) is 5.76 Å². The summed E-state index contributed by atoms with van der Waals surface area (Å²) in [6.07, 6.45) is 2.66. The minimum absolute atomic E-state index is 0.0338. The molecule has 0 spiro atoms. The number of nitrogens with zero attached hydrogens (tertiary/aromatic N) is 5. The lowest BCUT2D eigenvalue weighted by atomic mass is 10.2. The van der Waals surface area contributed by atoms with E-state index in [4.69, 9.17) is 8.94 Å². The van der Waals surface area contributed by atoms with Gasteiger partial charge in [0.15, 0.2) is 5.82 Å². The molecule has 8 nitrogen and oxygen atoms in total.